The predicted molar refractivity (Wildman–Crippen MR) is 64.0 cm³/mol. The average Bonchev–Trinajstić information content (AvgIpc) is 2.92. The molecule has 3 rings (SSSR count). The molecule has 3 atom stereocenters. The summed E-state index contributed by atoms with van der Waals surface area (Å²) in [6.45, 7) is 0. The Hall–Kier alpha value is -1.31. The van der Waals surface area contributed by atoms with Gasteiger partial charge in [-0.3, -0.25) is 4.79 Å². The lowest BCUT2D eigenvalue weighted by molar-refractivity contribution is -0.121. The quantitative estimate of drug-likeness (QED) is 0.807. The fourth-order valence-corrected chi connectivity index (χ4v) is 3.32. The molecule has 0 aliphatic heterocycles. The minimum atomic E-state index is 0.235. The van der Waals surface area contributed by atoms with E-state index in [0.717, 1.165) is 18.0 Å². The van der Waals surface area contributed by atoms with Gasteiger partial charge in [0, 0.05) is 11.6 Å². The molecule has 1 aromatic carbocycles. The van der Waals surface area contributed by atoms with Crippen molar-refractivity contribution >= 4 is 11.6 Å². The summed E-state index contributed by atoms with van der Waals surface area (Å²) in [6.07, 6.45) is 5.01. The molecule has 2 aliphatic carbocycles. The van der Waals surface area contributed by atoms with Crippen molar-refractivity contribution in [2.75, 3.05) is 5.32 Å². The molecule has 1 unspecified atom stereocenters. The normalized spacial score (nSPS) is 31.6. The number of amides is 1. The van der Waals surface area contributed by atoms with Crippen LogP contribution in [-0.4, -0.2) is 5.91 Å². The van der Waals surface area contributed by atoms with Crippen molar-refractivity contribution in [1.29, 1.82) is 0 Å². The molecule has 2 fully saturated rings. The van der Waals surface area contributed by atoms with Crippen molar-refractivity contribution in [3.63, 3.8) is 0 Å². The topological polar surface area (TPSA) is 29.1 Å². The van der Waals surface area contributed by atoms with Gasteiger partial charge < -0.3 is 5.32 Å². The van der Waals surface area contributed by atoms with Gasteiger partial charge in [0.15, 0.2) is 0 Å². The van der Waals surface area contributed by atoms with Crippen LogP contribution in [0.1, 0.15) is 25.7 Å². The Morgan fingerprint density at radius 2 is 1.94 bits per heavy atom. The number of carbonyl (C=O) groups is 1. The molecule has 0 saturated heterocycles. The zero-order chi connectivity index (χ0) is 11.0. The van der Waals surface area contributed by atoms with Gasteiger partial charge in [-0.2, -0.15) is 0 Å². The summed E-state index contributed by atoms with van der Waals surface area (Å²) in [6, 6.07) is 9.77. The Balaban J connectivity index is 1.66. The van der Waals surface area contributed by atoms with Gasteiger partial charge in [-0.1, -0.05) is 24.6 Å². The third kappa shape index (κ3) is 1.73. The van der Waals surface area contributed by atoms with E-state index in [1.165, 1.54) is 19.3 Å². The first-order valence-electron chi connectivity index (χ1n) is 6.19. The van der Waals surface area contributed by atoms with Crippen LogP contribution in [-0.2, 0) is 4.79 Å². The first kappa shape index (κ1) is 9.88. The van der Waals surface area contributed by atoms with Crippen LogP contribution in [0.2, 0.25) is 0 Å². The van der Waals surface area contributed by atoms with Crippen molar-refractivity contribution in [3.8, 4) is 0 Å². The number of rotatable bonds is 2. The standard InChI is InChI=1S/C14H17NO/c16-14(15-12-4-2-1-3-5-12)13-9-10-6-7-11(13)8-10/h1-5,10-11,13H,6-9H2,(H,15,16)/t10?,11-,13-/m1/s1. The Labute approximate surface area is 96.1 Å². The molecule has 2 aliphatic rings. The van der Waals surface area contributed by atoms with Crippen molar-refractivity contribution in [3.05, 3.63) is 30.3 Å². The maximum atomic E-state index is 12.1. The van der Waals surface area contributed by atoms with Crippen LogP contribution in [0, 0.1) is 17.8 Å². The van der Waals surface area contributed by atoms with E-state index in [4.69, 9.17) is 0 Å². The Bertz CT molecular complexity index is 387. The van der Waals surface area contributed by atoms with Gasteiger partial charge in [-0.15, -0.1) is 0 Å². The van der Waals surface area contributed by atoms with Crippen molar-refractivity contribution in [2.45, 2.75) is 25.7 Å². The Kier molecular flexibility index (Phi) is 2.43. The smallest absolute Gasteiger partial charge is 0.227 e. The van der Waals surface area contributed by atoms with Gasteiger partial charge in [0.1, 0.15) is 0 Å². The summed E-state index contributed by atoms with van der Waals surface area (Å²) in [5, 5.41) is 3.03. The molecule has 0 radical (unpaired) electrons. The minimum absolute atomic E-state index is 0.235. The first-order chi connectivity index (χ1) is 7.83. The minimum Gasteiger partial charge on any atom is -0.326 e. The summed E-state index contributed by atoms with van der Waals surface area (Å²) in [4.78, 5) is 12.1. The molecular formula is C14H17NO. The van der Waals surface area contributed by atoms with Crippen molar-refractivity contribution < 1.29 is 4.79 Å². The number of benzene rings is 1. The molecular weight excluding hydrogens is 198 g/mol. The number of hydrogen-bond donors (Lipinski definition) is 1. The lowest BCUT2D eigenvalue weighted by Crippen LogP contribution is -2.27. The van der Waals surface area contributed by atoms with Crippen molar-refractivity contribution in [2.24, 2.45) is 17.8 Å². The molecule has 2 bridgehead atoms. The van der Waals surface area contributed by atoms with E-state index in [2.05, 4.69) is 5.32 Å². The Morgan fingerprint density at radius 3 is 2.56 bits per heavy atom. The third-order valence-corrected chi connectivity index (χ3v) is 4.12. The van der Waals surface area contributed by atoms with E-state index in [1.54, 1.807) is 0 Å². The maximum absolute atomic E-state index is 12.1. The van der Waals surface area contributed by atoms with Gasteiger partial charge in [-0.05, 0) is 43.2 Å². The average molecular weight is 215 g/mol. The van der Waals surface area contributed by atoms with E-state index in [1.807, 2.05) is 30.3 Å². The van der Waals surface area contributed by atoms with Crippen LogP contribution in [0.5, 0.6) is 0 Å². The summed E-state index contributed by atoms with van der Waals surface area (Å²) in [5.74, 6) is 2.00. The Morgan fingerprint density at radius 1 is 1.12 bits per heavy atom. The molecule has 1 amide bonds. The van der Waals surface area contributed by atoms with Gasteiger partial charge in [-0.25, -0.2) is 0 Å². The molecule has 84 valence electrons. The number of fused-ring (bicyclic) bond motifs is 2. The maximum Gasteiger partial charge on any atom is 0.227 e. The van der Waals surface area contributed by atoms with Crippen LogP contribution in [0.15, 0.2) is 30.3 Å². The number of nitrogens with one attached hydrogen (secondary N) is 1. The number of para-hydroxylation sites is 1. The molecule has 0 spiro atoms. The van der Waals surface area contributed by atoms with E-state index in [0.29, 0.717) is 5.92 Å². The molecule has 1 N–H and O–H groups in total. The van der Waals surface area contributed by atoms with Gasteiger partial charge in [0.05, 0.1) is 0 Å². The summed E-state index contributed by atoms with van der Waals surface area (Å²) >= 11 is 0. The second-order valence-corrected chi connectivity index (χ2v) is 5.14. The molecule has 1 aromatic rings. The monoisotopic (exact) mass is 215 g/mol. The first-order valence-corrected chi connectivity index (χ1v) is 6.19. The summed E-state index contributed by atoms with van der Waals surface area (Å²) in [5.41, 5.74) is 0.926. The lowest BCUT2D eigenvalue weighted by Gasteiger charge is -2.20. The number of hydrogen-bond acceptors (Lipinski definition) is 1. The van der Waals surface area contributed by atoms with Crippen LogP contribution in [0.25, 0.3) is 0 Å². The van der Waals surface area contributed by atoms with Gasteiger partial charge in [0.2, 0.25) is 5.91 Å². The molecule has 2 saturated carbocycles. The fourth-order valence-electron chi connectivity index (χ4n) is 3.32. The highest BCUT2D eigenvalue weighted by Gasteiger charge is 2.42. The van der Waals surface area contributed by atoms with E-state index in [-0.39, 0.29) is 11.8 Å². The molecule has 16 heavy (non-hydrogen) atoms. The lowest BCUT2D eigenvalue weighted by atomic mass is 9.88. The third-order valence-electron chi connectivity index (χ3n) is 4.12. The van der Waals surface area contributed by atoms with E-state index in [9.17, 15) is 4.79 Å². The zero-order valence-electron chi connectivity index (χ0n) is 9.36. The largest absolute Gasteiger partial charge is 0.326 e. The summed E-state index contributed by atoms with van der Waals surface area (Å²) < 4.78 is 0. The van der Waals surface area contributed by atoms with Crippen LogP contribution in [0.4, 0.5) is 5.69 Å². The summed E-state index contributed by atoms with van der Waals surface area (Å²) in [7, 11) is 0. The highest BCUT2D eigenvalue weighted by molar-refractivity contribution is 5.93. The number of carbonyl (C=O) groups excluding carboxylic acids is 1. The molecule has 2 heteroatoms. The SMILES string of the molecule is O=C(Nc1ccccc1)[C@@H]1CC2CC[C@@H]1C2. The second-order valence-electron chi connectivity index (χ2n) is 5.14. The highest BCUT2D eigenvalue weighted by Crippen LogP contribution is 2.48. The molecule has 0 aromatic heterocycles. The second kappa shape index (κ2) is 3.93. The molecule has 2 nitrogen and oxygen atoms in total. The number of anilines is 1. The van der Waals surface area contributed by atoms with Crippen molar-refractivity contribution in [1.82, 2.24) is 0 Å². The van der Waals surface area contributed by atoms with Gasteiger partial charge in [0.25, 0.3) is 0 Å². The fraction of sp³-hybridized carbons (Fsp3) is 0.500. The molecule has 0 heterocycles. The van der Waals surface area contributed by atoms with Crippen LogP contribution >= 0.6 is 0 Å². The van der Waals surface area contributed by atoms with Gasteiger partial charge >= 0.3 is 0 Å². The van der Waals surface area contributed by atoms with E-state index < -0.39 is 0 Å². The van der Waals surface area contributed by atoms with E-state index >= 15 is 0 Å². The van der Waals surface area contributed by atoms with Crippen LogP contribution < -0.4 is 5.32 Å². The van der Waals surface area contributed by atoms with Crippen LogP contribution in [0.3, 0.4) is 0 Å². The highest BCUT2D eigenvalue weighted by atomic mass is 16.1. The zero-order valence-corrected chi connectivity index (χ0v) is 9.36. The predicted octanol–water partition coefficient (Wildman–Crippen LogP) is 3.06.